The molecule has 0 aliphatic carbocycles. The molecule has 4 aromatic rings. The molecule has 0 aromatic heterocycles. The zero-order valence-electron chi connectivity index (χ0n) is 22.3. The molecule has 1 aliphatic rings. The van der Waals surface area contributed by atoms with E-state index in [0.29, 0.717) is 17.0 Å². The molecule has 1 N–H and O–H groups in total. The summed E-state index contributed by atoms with van der Waals surface area (Å²) in [6, 6.07) is 34.0. The van der Waals surface area contributed by atoms with Gasteiger partial charge in [-0.3, -0.25) is 9.59 Å². The van der Waals surface area contributed by atoms with Gasteiger partial charge in [-0.05, 0) is 79.3 Å². The molecule has 1 aliphatic heterocycles. The second-order valence-corrected chi connectivity index (χ2v) is 11.0. The zero-order chi connectivity index (χ0) is 27.2. The molecule has 1 atom stereocenters. The highest BCUT2D eigenvalue weighted by Gasteiger charge is 2.29. The number of rotatable bonds is 8. The van der Waals surface area contributed by atoms with Crippen LogP contribution in [0.5, 0.6) is 0 Å². The quantitative estimate of drug-likeness (QED) is 0.240. The molecule has 4 nitrogen and oxygen atoms in total. The number of nitrogens with one attached hydrogen (secondary N) is 1. The predicted molar refractivity (Wildman–Crippen MR) is 161 cm³/mol. The van der Waals surface area contributed by atoms with Gasteiger partial charge in [-0.25, -0.2) is 0 Å². The van der Waals surface area contributed by atoms with Crippen LogP contribution in [0.2, 0.25) is 0 Å². The largest absolute Gasteiger partial charge is 0.350 e. The van der Waals surface area contributed by atoms with Gasteiger partial charge in [-0.2, -0.15) is 0 Å². The summed E-state index contributed by atoms with van der Waals surface area (Å²) in [5.41, 5.74) is 5.98. The van der Waals surface area contributed by atoms with Crippen molar-refractivity contribution in [1.82, 2.24) is 5.32 Å². The fourth-order valence-corrected chi connectivity index (χ4v) is 5.73. The number of benzene rings is 4. The summed E-state index contributed by atoms with van der Waals surface area (Å²) >= 11 is 1.49. The van der Waals surface area contributed by atoms with Gasteiger partial charge in [-0.15, -0.1) is 0 Å². The van der Waals surface area contributed by atoms with Gasteiger partial charge in [-0.1, -0.05) is 90.6 Å². The molecule has 0 radical (unpaired) electrons. The average Bonchev–Trinajstić information content (AvgIpc) is 2.96. The third kappa shape index (κ3) is 6.50. The van der Waals surface area contributed by atoms with Gasteiger partial charge in [0, 0.05) is 16.5 Å². The van der Waals surface area contributed by atoms with E-state index in [0.717, 1.165) is 40.1 Å². The first-order valence-electron chi connectivity index (χ1n) is 13.3. The van der Waals surface area contributed by atoms with Gasteiger partial charge in [0.25, 0.3) is 11.8 Å². The Hall–Kier alpha value is -4.09. The Balaban J connectivity index is 1.28. The maximum atomic E-state index is 13.6. The van der Waals surface area contributed by atoms with Gasteiger partial charge in [0.05, 0.1) is 17.1 Å². The molecule has 2 amide bonds. The van der Waals surface area contributed by atoms with Crippen LogP contribution in [0.4, 0.5) is 5.69 Å². The number of hydrogen-bond acceptors (Lipinski definition) is 3. The summed E-state index contributed by atoms with van der Waals surface area (Å²) in [5, 5.41) is 3.10. The van der Waals surface area contributed by atoms with E-state index in [4.69, 9.17) is 0 Å². The first-order chi connectivity index (χ1) is 19.0. The lowest BCUT2D eigenvalue weighted by Crippen LogP contribution is -2.34. The number of anilines is 1. The van der Waals surface area contributed by atoms with Crippen LogP contribution in [0.1, 0.15) is 46.0 Å². The van der Waals surface area contributed by atoms with Crippen molar-refractivity contribution < 1.29 is 9.59 Å². The number of amides is 2. The first-order valence-corrected chi connectivity index (χ1v) is 14.1. The minimum Gasteiger partial charge on any atom is -0.350 e. The number of aryl methyl sites for hydroxylation is 2. The van der Waals surface area contributed by atoms with Gasteiger partial charge in [0.2, 0.25) is 0 Å². The lowest BCUT2D eigenvalue weighted by molar-refractivity contribution is -0.114. The van der Waals surface area contributed by atoms with Crippen LogP contribution in [-0.4, -0.2) is 17.9 Å². The summed E-state index contributed by atoms with van der Waals surface area (Å²) in [6.07, 6.45) is 3.71. The maximum absolute atomic E-state index is 13.6. The normalized spacial score (nSPS) is 14.7. The smallest absolute Gasteiger partial charge is 0.265 e. The van der Waals surface area contributed by atoms with Crippen LogP contribution in [-0.2, 0) is 17.8 Å². The van der Waals surface area contributed by atoms with Crippen LogP contribution in [0, 0.1) is 6.92 Å². The molecule has 0 fully saturated rings. The Labute approximate surface area is 234 Å². The molecular formula is C34H32N2O2S. The van der Waals surface area contributed by atoms with Gasteiger partial charge in [0.15, 0.2) is 0 Å². The third-order valence-electron chi connectivity index (χ3n) is 6.98. The minimum absolute atomic E-state index is 0.0176. The van der Waals surface area contributed by atoms with E-state index in [-0.39, 0.29) is 17.9 Å². The molecule has 4 aromatic carbocycles. The Bertz CT molecular complexity index is 1500. The van der Waals surface area contributed by atoms with E-state index in [1.807, 2.05) is 90.7 Å². The molecule has 196 valence electrons. The summed E-state index contributed by atoms with van der Waals surface area (Å²) in [6.45, 7) is 4.62. The van der Waals surface area contributed by atoms with Crippen molar-refractivity contribution in [3.05, 3.63) is 136 Å². The van der Waals surface area contributed by atoms with Gasteiger partial charge in [0.1, 0.15) is 0 Å². The lowest BCUT2D eigenvalue weighted by atomic mass is 10.1. The average molecular weight is 533 g/mol. The van der Waals surface area contributed by atoms with Crippen molar-refractivity contribution in [2.24, 2.45) is 0 Å². The van der Waals surface area contributed by atoms with Crippen molar-refractivity contribution >= 4 is 35.3 Å². The number of para-hydroxylation sites is 1. The molecular weight excluding hydrogens is 500 g/mol. The highest BCUT2D eigenvalue weighted by Crippen LogP contribution is 2.42. The van der Waals surface area contributed by atoms with E-state index >= 15 is 0 Å². The van der Waals surface area contributed by atoms with Crippen molar-refractivity contribution in [3.63, 3.8) is 0 Å². The second-order valence-electron chi connectivity index (χ2n) is 9.92. The van der Waals surface area contributed by atoms with Crippen LogP contribution in [0.25, 0.3) is 6.08 Å². The van der Waals surface area contributed by atoms with Crippen LogP contribution in [0.3, 0.4) is 0 Å². The number of hydrogen-bond donors (Lipinski definition) is 1. The fourth-order valence-electron chi connectivity index (χ4n) is 4.67. The molecule has 5 heteroatoms. The SMILES string of the molecule is Cc1ccccc1CN1C(=O)C(=Cc2ccc(C(=O)NC(C)CCc3ccccc3)cc2)Sc2ccccc21. The second kappa shape index (κ2) is 12.2. The molecule has 0 spiro atoms. The Morgan fingerprint density at radius 2 is 1.59 bits per heavy atom. The number of thioether (sulfide) groups is 1. The van der Waals surface area contributed by atoms with E-state index in [2.05, 4.69) is 42.6 Å². The van der Waals surface area contributed by atoms with Crippen molar-refractivity contribution in [2.75, 3.05) is 4.90 Å². The minimum atomic E-state index is -0.0868. The Morgan fingerprint density at radius 1 is 0.897 bits per heavy atom. The summed E-state index contributed by atoms with van der Waals surface area (Å²) < 4.78 is 0. The number of nitrogens with zero attached hydrogens (tertiary/aromatic N) is 1. The topological polar surface area (TPSA) is 49.4 Å². The fraction of sp³-hybridized carbons (Fsp3) is 0.176. The standard InChI is InChI=1S/C34H32N2O2S/c1-24-10-6-7-13-29(24)23-36-30-14-8-9-15-31(30)39-32(34(36)38)22-27-18-20-28(21-19-27)33(37)35-25(2)16-17-26-11-4-3-5-12-26/h3-15,18-22,25H,16-17,23H2,1-2H3,(H,35,37). The predicted octanol–water partition coefficient (Wildman–Crippen LogP) is 7.43. The summed E-state index contributed by atoms with van der Waals surface area (Å²) in [4.78, 5) is 30.0. The molecule has 39 heavy (non-hydrogen) atoms. The number of carbonyl (C=O) groups is 2. The first kappa shape index (κ1) is 26.5. The summed E-state index contributed by atoms with van der Waals surface area (Å²) in [5.74, 6) is -0.104. The maximum Gasteiger partial charge on any atom is 0.265 e. The van der Waals surface area contributed by atoms with Gasteiger partial charge >= 0.3 is 0 Å². The van der Waals surface area contributed by atoms with Crippen molar-refractivity contribution in [1.29, 1.82) is 0 Å². The third-order valence-corrected chi connectivity index (χ3v) is 8.06. The molecule has 1 heterocycles. The zero-order valence-corrected chi connectivity index (χ0v) is 23.1. The molecule has 0 saturated heterocycles. The van der Waals surface area contributed by atoms with Crippen LogP contribution < -0.4 is 10.2 Å². The van der Waals surface area contributed by atoms with Gasteiger partial charge < -0.3 is 10.2 Å². The molecule has 1 unspecified atom stereocenters. The van der Waals surface area contributed by atoms with E-state index in [1.165, 1.54) is 17.3 Å². The molecule has 0 saturated carbocycles. The lowest BCUT2D eigenvalue weighted by Gasteiger charge is -2.31. The van der Waals surface area contributed by atoms with E-state index in [1.54, 1.807) is 0 Å². The van der Waals surface area contributed by atoms with E-state index in [9.17, 15) is 9.59 Å². The highest BCUT2D eigenvalue weighted by molar-refractivity contribution is 8.04. The number of carbonyl (C=O) groups excluding carboxylic acids is 2. The van der Waals surface area contributed by atoms with Crippen LogP contribution >= 0.6 is 11.8 Å². The van der Waals surface area contributed by atoms with Crippen molar-refractivity contribution in [2.45, 2.75) is 44.2 Å². The molecule has 5 rings (SSSR count). The Kier molecular flexibility index (Phi) is 8.28. The number of fused-ring (bicyclic) bond motifs is 1. The summed E-state index contributed by atoms with van der Waals surface area (Å²) in [7, 11) is 0. The van der Waals surface area contributed by atoms with E-state index < -0.39 is 0 Å². The van der Waals surface area contributed by atoms with Crippen molar-refractivity contribution in [3.8, 4) is 0 Å². The monoisotopic (exact) mass is 532 g/mol. The van der Waals surface area contributed by atoms with Crippen LogP contribution in [0.15, 0.2) is 113 Å². The Morgan fingerprint density at radius 3 is 2.36 bits per heavy atom. The molecule has 0 bridgehead atoms. The highest BCUT2D eigenvalue weighted by atomic mass is 32.2.